The number of nitrogens with one attached hydrogen (secondary N) is 2. The fourth-order valence-electron chi connectivity index (χ4n) is 2.44. The number of rotatable bonds is 3. The summed E-state index contributed by atoms with van der Waals surface area (Å²) in [6.45, 7) is 1.94. The van der Waals surface area contributed by atoms with Crippen LogP contribution in [0, 0.1) is 6.92 Å². The molecule has 0 atom stereocenters. The number of H-pyrrole nitrogens is 2. The summed E-state index contributed by atoms with van der Waals surface area (Å²) in [6, 6.07) is 15.7. The largest absolute Gasteiger partial charge is 0.457 e. The van der Waals surface area contributed by atoms with Crippen LogP contribution in [0.4, 0.5) is 0 Å². The standard InChI is InChI=1S/C17H14N4O/c1-11-19-16-7-6-14(10-17(16)20-11)22-13-4-2-12(3-5-13)15-8-9-18-21-15/h2-10H,1H3,(H,18,21)(H,19,20). The number of imidazole rings is 1. The van der Waals surface area contributed by atoms with E-state index in [1.165, 1.54) is 0 Å². The van der Waals surface area contributed by atoms with Crippen LogP contribution in [0.5, 0.6) is 11.5 Å². The molecule has 0 saturated heterocycles. The minimum atomic E-state index is 0.783. The summed E-state index contributed by atoms with van der Waals surface area (Å²) in [5.41, 5.74) is 3.98. The summed E-state index contributed by atoms with van der Waals surface area (Å²) >= 11 is 0. The SMILES string of the molecule is Cc1nc2ccc(Oc3ccc(-c4ccn[nH]4)cc3)cc2[nH]1. The van der Waals surface area contributed by atoms with E-state index in [1.807, 2.05) is 55.5 Å². The minimum Gasteiger partial charge on any atom is -0.457 e. The van der Waals surface area contributed by atoms with Crippen LogP contribution in [0.15, 0.2) is 54.7 Å². The first-order valence-corrected chi connectivity index (χ1v) is 7.02. The quantitative estimate of drug-likeness (QED) is 0.598. The Kier molecular flexibility index (Phi) is 2.89. The predicted molar refractivity (Wildman–Crippen MR) is 84.9 cm³/mol. The monoisotopic (exact) mass is 290 g/mol. The second kappa shape index (κ2) is 5.04. The van der Waals surface area contributed by atoms with Gasteiger partial charge in [-0.1, -0.05) is 0 Å². The van der Waals surface area contributed by atoms with E-state index < -0.39 is 0 Å². The molecule has 2 heterocycles. The second-order valence-corrected chi connectivity index (χ2v) is 5.10. The molecule has 0 aliphatic heterocycles. The Labute approximate surface area is 127 Å². The van der Waals surface area contributed by atoms with Crippen LogP contribution in [-0.4, -0.2) is 20.2 Å². The van der Waals surface area contributed by atoms with Crippen molar-refractivity contribution in [3.8, 4) is 22.8 Å². The number of ether oxygens (including phenoxy) is 1. The molecule has 4 rings (SSSR count). The summed E-state index contributed by atoms with van der Waals surface area (Å²) in [5, 5.41) is 6.90. The van der Waals surface area contributed by atoms with Gasteiger partial charge in [-0.05, 0) is 55.0 Å². The molecule has 0 fully saturated rings. The van der Waals surface area contributed by atoms with E-state index in [1.54, 1.807) is 6.20 Å². The van der Waals surface area contributed by atoms with Crippen LogP contribution in [0.25, 0.3) is 22.3 Å². The Bertz CT molecular complexity index is 908. The third-order valence-corrected chi connectivity index (χ3v) is 3.47. The molecule has 4 aromatic rings. The van der Waals surface area contributed by atoms with E-state index in [2.05, 4.69) is 20.2 Å². The van der Waals surface area contributed by atoms with Crippen LogP contribution >= 0.6 is 0 Å². The number of aromatic nitrogens is 4. The third-order valence-electron chi connectivity index (χ3n) is 3.47. The van der Waals surface area contributed by atoms with Gasteiger partial charge >= 0.3 is 0 Å². The van der Waals surface area contributed by atoms with Crippen molar-refractivity contribution in [2.24, 2.45) is 0 Å². The van der Waals surface area contributed by atoms with Crippen molar-refractivity contribution in [2.45, 2.75) is 6.92 Å². The molecule has 2 aromatic carbocycles. The molecule has 108 valence electrons. The Hall–Kier alpha value is -3.08. The number of hydrogen-bond donors (Lipinski definition) is 2. The number of fused-ring (bicyclic) bond motifs is 1. The van der Waals surface area contributed by atoms with E-state index in [0.29, 0.717) is 0 Å². The summed E-state index contributed by atoms with van der Waals surface area (Å²) in [7, 11) is 0. The Balaban J connectivity index is 1.59. The minimum absolute atomic E-state index is 0.783. The summed E-state index contributed by atoms with van der Waals surface area (Å²) in [4.78, 5) is 7.59. The maximum absolute atomic E-state index is 5.89. The number of nitrogens with zero attached hydrogens (tertiary/aromatic N) is 2. The lowest BCUT2D eigenvalue weighted by Gasteiger charge is -2.06. The molecule has 0 amide bonds. The highest BCUT2D eigenvalue weighted by molar-refractivity contribution is 5.76. The number of aromatic amines is 2. The lowest BCUT2D eigenvalue weighted by Crippen LogP contribution is -1.85. The number of benzene rings is 2. The molecule has 0 saturated carbocycles. The normalized spacial score (nSPS) is 11.0. The molecular weight excluding hydrogens is 276 g/mol. The van der Waals surface area contributed by atoms with Crippen molar-refractivity contribution in [2.75, 3.05) is 0 Å². The molecular formula is C17H14N4O. The van der Waals surface area contributed by atoms with E-state index in [9.17, 15) is 0 Å². The zero-order valence-electron chi connectivity index (χ0n) is 12.0. The van der Waals surface area contributed by atoms with Crippen LogP contribution < -0.4 is 4.74 Å². The molecule has 0 spiro atoms. The van der Waals surface area contributed by atoms with Gasteiger partial charge in [0, 0.05) is 12.3 Å². The first kappa shape index (κ1) is 12.6. The van der Waals surface area contributed by atoms with E-state index in [0.717, 1.165) is 39.6 Å². The van der Waals surface area contributed by atoms with Crippen LogP contribution in [0.2, 0.25) is 0 Å². The van der Waals surface area contributed by atoms with Crippen molar-refractivity contribution in [1.82, 2.24) is 20.2 Å². The zero-order chi connectivity index (χ0) is 14.9. The third kappa shape index (κ3) is 2.33. The van der Waals surface area contributed by atoms with Gasteiger partial charge in [0.15, 0.2) is 0 Å². The van der Waals surface area contributed by atoms with Crippen LogP contribution in [0.3, 0.4) is 0 Å². The van der Waals surface area contributed by atoms with Gasteiger partial charge in [-0.25, -0.2) is 4.98 Å². The highest BCUT2D eigenvalue weighted by atomic mass is 16.5. The van der Waals surface area contributed by atoms with E-state index in [-0.39, 0.29) is 0 Å². The van der Waals surface area contributed by atoms with Crippen molar-refractivity contribution in [3.63, 3.8) is 0 Å². The average molecular weight is 290 g/mol. The van der Waals surface area contributed by atoms with Gasteiger partial charge in [-0.2, -0.15) is 5.10 Å². The van der Waals surface area contributed by atoms with Gasteiger partial charge in [0.25, 0.3) is 0 Å². The highest BCUT2D eigenvalue weighted by Gasteiger charge is 2.04. The molecule has 5 heteroatoms. The summed E-state index contributed by atoms with van der Waals surface area (Å²) in [5.74, 6) is 2.47. The maximum Gasteiger partial charge on any atom is 0.129 e. The molecule has 5 nitrogen and oxygen atoms in total. The van der Waals surface area contributed by atoms with E-state index >= 15 is 0 Å². The summed E-state index contributed by atoms with van der Waals surface area (Å²) < 4.78 is 5.89. The first-order valence-electron chi connectivity index (χ1n) is 7.02. The molecule has 0 aliphatic rings. The molecule has 0 bridgehead atoms. The van der Waals surface area contributed by atoms with Gasteiger partial charge in [-0.15, -0.1) is 0 Å². The van der Waals surface area contributed by atoms with Gasteiger partial charge in [0.1, 0.15) is 17.3 Å². The fraction of sp³-hybridized carbons (Fsp3) is 0.0588. The zero-order valence-corrected chi connectivity index (χ0v) is 12.0. The molecule has 2 N–H and O–H groups in total. The molecule has 22 heavy (non-hydrogen) atoms. The van der Waals surface area contributed by atoms with Crippen LogP contribution in [0.1, 0.15) is 5.82 Å². The Morgan fingerprint density at radius 3 is 2.55 bits per heavy atom. The first-order chi connectivity index (χ1) is 10.8. The van der Waals surface area contributed by atoms with Gasteiger partial charge < -0.3 is 9.72 Å². The second-order valence-electron chi connectivity index (χ2n) is 5.10. The number of aryl methyl sites for hydroxylation is 1. The molecule has 0 radical (unpaired) electrons. The maximum atomic E-state index is 5.89. The molecule has 2 aromatic heterocycles. The fourth-order valence-corrected chi connectivity index (χ4v) is 2.44. The Morgan fingerprint density at radius 1 is 0.955 bits per heavy atom. The highest BCUT2D eigenvalue weighted by Crippen LogP contribution is 2.26. The lowest BCUT2D eigenvalue weighted by molar-refractivity contribution is 0.483. The topological polar surface area (TPSA) is 66.6 Å². The lowest BCUT2D eigenvalue weighted by atomic mass is 10.1. The van der Waals surface area contributed by atoms with Crippen molar-refractivity contribution < 1.29 is 4.74 Å². The average Bonchev–Trinajstić information content (AvgIpc) is 3.16. The van der Waals surface area contributed by atoms with Crippen molar-refractivity contribution in [1.29, 1.82) is 0 Å². The predicted octanol–water partition coefficient (Wildman–Crippen LogP) is 4.05. The molecule has 0 unspecified atom stereocenters. The summed E-state index contributed by atoms with van der Waals surface area (Å²) in [6.07, 6.45) is 1.74. The van der Waals surface area contributed by atoms with Gasteiger partial charge in [0.05, 0.1) is 16.7 Å². The Morgan fingerprint density at radius 2 is 1.77 bits per heavy atom. The smallest absolute Gasteiger partial charge is 0.129 e. The number of hydrogen-bond acceptors (Lipinski definition) is 3. The van der Waals surface area contributed by atoms with Crippen LogP contribution in [-0.2, 0) is 0 Å². The van der Waals surface area contributed by atoms with E-state index in [4.69, 9.17) is 4.74 Å². The van der Waals surface area contributed by atoms with Crippen molar-refractivity contribution >= 4 is 11.0 Å². The van der Waals surface area contributed by atoms with Gasteiger partial charge in [0.2, 0.25) is 0 Å². The van der Waals surface area contributed by atoms with Gasteiger partial charge in [-0.3, -0.25) is 5.10 Å². The molecule has 0 aliphatic carbocycles. The van der Waals surface area contributed by atoms with Crippen molar-refractivity contribution in [3.05, 3.63) is 60.6 Å².